The van der Waals surface area contributed by atoms with Gasteiger partial charge in [-0.25, -0.2) is 13.9 Å². The van der Waals surface area contributed by atoms with E-state index in [4.69, 9.17) is 0 Å². The van der Waals surface area contributed by atoms with E-state index in [0.29, 0.717) is 6.07 Å². The molecule has 0 spiro atoms. The van der Waals surface area contributed by atoms with Gasteiger partial charge in [-0.3, -0.25) is 14.9 Å². The molecule has 19 heavy (non-hydrogen) atoms. The minimum absolute atomic E-state index is 0.0280. The topological polar surface area (TPSA) is 99.8 Å². The van der Waals surface area contributed by atoms with E-state index in [1.807, 2.05) is 5.32 Å². The van der Waals surface area contributed by atoms with Crippen LogP contribution in [-0.4, -0.2) is 27.0 Å². The number of carbonyl (C=O) groups excluding carboxylic acids is 2. The van der Waals surface area contributed by atoms with Crippen LogP contribution >= 0.6 is 0 Å². The van der Waals surface area contributed by atoms with E-state index in [2.05, 4.69) is 20.5 Å². The van der Waals surface area contributed by atoms with Gasteiger partial charge in [-0.05, 0) is 12.1 Å². The summed E-state index contributed by atoms with van der Waals surface area (Å²) in [6.07, 6.45) is 1.13. The van der Waals surface area contributed by atoms with Crippen LogP contribution in [0.1, 0.15) is 0 Å². The Labute approximate surface area is 105 Å². The van der Waals surface area contributed by atoms with E-state index in [1.54, 1.807) is 0 Å². The van der Waals surface area contributed by atoms with E-state index in [-0.39, 0.29) is 11.6 Å². The molecular weight excluding hydrogens is 260 g/mol. The molecule has 2 rings (SSSR count). The zero-order valence-corrected chi connectivity index (χ0v) is 9.28. The van der Waals surface area contributed by atoms with Gasteiger partial charge in [-0.2, -0.15) is 10.1 Å². The number of H-pyrrole nitrogens is 1. The highest BCUT2D eigenvalue weighted by Gasteiger charge is 2.17. The van der Waals surface area contributed by atoms with E-state index in [0.717, 1.165) is 18.5 Å². The smallest absolute Gasteiger partial charge is 0.315 e. The van der Waals surface area contributed by atoms with Gasteiger partial charge in [-0.1, -0.05) is 0 Å². The lowest BCUT2D eigenvalue weighted by molar-refractivity contribution is -0.133. The van der Waals surface area contributed by atoms with Crippen LogP contribution in [0.5, 0.6) is 0 Å². The zero-order valence-electron chi connectivity index (χ0n) is 9.28. The van der Waals surface area contributed by atoms with Gasteiger partial charge < -0.3 is 5.32 Å². The van der Waals surface area contributed by atoms with E-state index < -0.39 is 23.4 Å². The van der Waals surface area contributed by atoms with Crippen LogP contribution < -0.4 is 10.6 Å². The summed E-state index contributed by atoms with van der Waals surface area (Å²) in [5.74, 6) is -4.00. The maximum absolute atomic E-state index is 13.2. The average Bonchev–Trinajstić information content (AvgIpc) is 2.85. The molecule has 0 saturated carbocycles. The third-order valence-corrected chi connectivity index (χ3v) is 2.03. The molecular formula is C10H7F2N5O2. The summed E-state index contributed by atoms with van der Waals surface area (Å²) >= 11 is 0. The van der Waals surface area contributed by atoms with Gasteiger partial charge in [0.15, 0.2) is 0 Å². The Morgan fingerprint density at radius 3 is 2.53 bits per heavy atom. The summed E-state index contributed by atoms with van der Waals surface area (Å²) in [6.45, 7) is 0. The van der Waals surface area contributed by atoms with Crippen molar-refractivity contribution in [3.63, 3.8) is 0 Å². The SMILES string of the molecule is O=C(Nc1ncn[nH]1)C(=O)Nc1ccc(F)cc1F. The minimum atomic E-state index is -1.12. The second-order valence-electron chi connectivity index (χ2n) is 3.37. The van der Waals surface area contributed by atoms with E-state index in [1.165, 1.54) is 0 Å². The molecule has 0 bridgehead atoms. The van der Waals surface area contributed by atoms with Gasteiger partial charge >= 0.3 is 11.8 Å². The molecule has 0 unspecified atom stereocenters. The summed E-state index contributed by atoms with van der Waals surface area (Å²) in [7, 11) is 0. The first kappa shape index (κ1) is 12.6. The van der Waals surface area contributed by atoms with Gasteiger partial charge in [0, 0.05) is 6.07 Å². The normalized spacial score (nSPS) is 10.0. The highest BCUT2D eigenvalue weighted by atomic mass is 19.1. The molecule has 0 radical (unpaired) electrons. The van der Waals surface area contributed by atoms with Crippen molar-refractivity contribution in [3.8, 4) is 0 Å². The van der Waals surface area contributed by atoms with Gasteiger partial charge in [0.1, 0.15) is 18.0 Å². The van der Waals surface area contributed by atoms with Crippen molar-refractivity contribution in [1.29, 1.82) is 0 Å². The van der Waals surface area contributed by atoms with E-state index in [9.17, 15) is 18.4 Å². The van der Waals surface area contributed by atoms with Crippen molar-refractivity contribution in [2.24, 2.45) is 0 Å². The largest absolute Gasteiger partial charge is 0.316 e. The number of anilines is 2. The Bertz CT molecular complexity index is 614. The van der Waals surface area contributed by atoms with Crippen LogP contribution in [-0.2, 0) is 9.59 Å². The zero-order chi connectivity index (χ0) is 13.8. The molecule has 0 atom stereocenters. The van der Waals surface area contributed by atoms with Gasteiger partial charge in [0.25, 0.3) is 0 Å². The highest BCUT2D eigenvalue weighted by molar-refractivity contribution is 6.43. The molecule has 0 aliphatic carbocycles. The molecule has 9 heteroatoms. The number of hydrogen-bond acceptors (Lipinski definition) is 4. The molecule has 7 nitrogen and oxygen atoms in total. The third kappa shape index (κ3) is 3.09. The lowest BCUT2D eigenvalue weighted by Crippen LogP contribution is -2.29. The van der Waals surface area contributed by atoms with Crippen molar-refractivity contribution >= 4 is 23.5 Å². The Balaban J connectivity index is 2.02. The number of aromatic nitrogens is 3. The third-order valence-electron chi connectivity index (χ3n) is 2.03. The predicted molar refractivity (Wildman–Crippen MR) is 60.0 cm³/mol. The van der Waals surface area contributed by atoms with Gasteiger partial charge in [-0.15, -0.1) is 0 Å². The van der Waals surface area contributed by atoms with Crippen molar-refractivity contribution in [1.82, 2.24) is 15.2 Å². The maximum atomic E-state index is 13.2. The van der Waals surface area contributed by atoms with Crippen molar-refractivity contribution in [2.45, 2.75) is 0 Å². The number of nitrogens with zero attached hydrogens (tertiary/aromatic N) is 2. The molecule has 2 aromatic rings. The van der Waals surface area contributed by atoms with Crippen LogP contribution in [0.2, 0.25) is 0 Å². The van der Waals surface area contributed by atoms with Crippen molar-refractivity contribution < 1.29 is 18.4 Å². The van der Waals surface area contributed by atoms with Gasteiger partial charge in [0.2, 0.25) is 5.95 Å². The number of hydrogen-bond donors (Lipinski definition) is 3. The fraction of sp³-hybridized carbons (Fsp3) is 0. The quantitative estimate of drug-likeness (QED) is 0.696. The average molecular weight is 267 g/mol. The number of halogens is 2. The molecule has 98 valence electrons. The molecule has 0 saturated heterocycles. The Hall–Kier alpha value is -2.84. The van der Waals surface area contributed by atoms with Crippen LogP contribution in [0.15, 0.2) is 24.5 Å². The highest BCUT2D eigenvalue weighted by Crippen LogP contribution is 2.14. The molecule has 1 aromatic heterocycles. The number of carbonyl (C=O) groups is 2. The van der Waals surface area contributed by atoms with Crippen LogP contribution in [0, 0.1) is 11.6 Å². The maximum Gasteiger partial charge on any atom is 0.316 e. The summed E-state index contributed by atoms with van der Waals surface area (Å²) in [6, 6.07) is 2.54. The molecule has 0 fully saturated rings. The molecule has 3 N–H and O–H groups in total. The number of rotatable bonds is 2. The van der Waals surface area contributed by atoms with Crippen LogP contribution in [0.4, 0.5) is 20.4 Å². The molecule has 0 aliphatic heterocycles. The van der Waals surface area contributed by atoms with Crippen molar-refractivity contribution in [2.75, 3.05) is 10.6 Å². The van der Waals surface area contributed by atoms with Gasteiger partial charge in [0.05, 0.1) is 5.69 Å². The molecule has 1 aromatic carbocycles. The predicted octanol–water partition coefficient (Wildman–Crippen LogP) is 0.660. The number of benzene rings is 1. The second-order valence-corrected chi connectivity index (χ2v) is 3.37. The summed E-state index contributed by atoms with van der Waals surface area (Å²) < 4.78 is 25.9. The first-order chi connectivity index (χ1) is 9.06. The number of aromatic amines is 1. The van der Waals surface area contributed by atoms with E-state index >= 15 is 0 Å². The Morgan fingerprint density at radius 2 is 1.89 bits per heavy atom. The van der Waals surface area contributed by atoms with Crippen molar-refractivity contribution in [3.05, 3.63) is 36.2 Å². The lowest BCUT2D eigenvalue weighted by atomic mass is 10.3. The number of nitrogens with one attached hydrogen (secondary N) is 3. The molecule has 0 aliphatic rings. The fourth-order valence-corrected chi connectivity index (χ4v) is 1.20. The summed E-state index contributed by atoms with van der Waals surface area (Å²) in [4.78, 5) is 26.4. The molecule has 1 heterocycles. The Morgan fingerprint density at radius 1 is 1.16 bits per heavy atom. The lowest BCUT2D eigenvalue weighted by Gasteiger charge is -2.05. The van der Waals surface area contributed by atoms with Crippen LogP contribution in [0.25, 0.3) is 0 Å². The minimum Gasteiger partial charge on any atom is -0.315 e. The summed E-state index contributed by atoms with van der Waals surface area (Å²) in [5, 5.41) is 9.86. The number of amides is 2. The first-order valence-corrected chi connectivity index (χ1v) is 4.99. The fourth-order valence-electron chi connectivity index (χ4n) is 1.20. The standard InChI is InChI=1S/C10H7F2N5O2/c11-5-1-2-7(6(12)3-5)15-8(18)9(19)16-10-13-4-14-17-10/h1-4H,(H,15,18)(H2,13,14,16,17,19). The monoisotopic (exact) mass is 267 g/mol. The second kappa shape index (κ2) is 5.21. The first-order valence-electron chi connectivity index (χ1n) is 4.99. The molecule has 2 amide bonds. The summed E-state index contributed by atoms with van der Waals surface area (Å²) in [5.41, 5.74) is -0.306. The van der Waals surface area contributed by atoms with Crippen LogP contribution in [0.3, 0.4) is 0 Å². The Kier molecular flexibility index (Phi) is 3.46.